The van der Waals surface area contributed by atoms with Crippen molar-refractivity contribution in [2.24, 2.45) is 5.73 Å². The van der Waals surface area contributed by atoms with E-state index in [9.17, 15) is 4.79 Å². The monoisotopic (exact) mass is 209 g/mol. The predicted molar refractivity (Wildman–Crippen MR) is 56.9 cm³/mol. The van der Waals surface area contributed by atoms with Crippen molar-refractivity contribution in [3.8, 4) is 11.5 Å². The Bertz CT molecular complexity index is 336. The highest BCUT2D eigenvalue weighted by Crippen LogP contribution is 2.26. The van der Waals surface area contributed by atoms with E-state index in [0.717, 1.165) is 0 Å². The second-order valence-electron chi connectivity index (χ2n) is 3.09. The number of hydrogen-bond donors (Lipinski definition) is 1. The quantitative estimate of drug-likeness (QED) is 0.600. The second kappa shape index (κ2) is 5.36. The minimum absolute atomic E-state index is 0.404. The number of esters is 1. The van der Waals surface area contributed by atoms with Gasteiger partial charge in [0.15, 0.2) is 11.5 Å². The van der Waals surface area contributed by atoms with Gasteiger partial charge in [-0.2, -0.15) is 0 Å². The summed E-state index contributed by atoms with van der Waals surface area (Å²) in [5, 5.41) is 0. The summed E-state index contributed by atoms with van der Waals surface area (Å²) in [6.45, 7) is 3.96. The maximum atomic E-state index is 11.3. The molecule has 1 rings (SSSR count). The lowest BCUT2D eigenvalue weighted by molar-refractivity contribution is -0.135. The van der Waals surface area contributed by atoms with Crippen LogP contribution in [0.4, 0.5) is 0 Å². The second-order valence-corrected chi connectivity index (χ2v) is 3.09. The van der Waals surface area contributed by atoms with Gasteiger partial charge in [-0.05, 0) is 26.0 Å². The van der Waals surface area contributed by atoms with Gasteiger partial charge in [0.1, 0.15) is 6.04 Å². The van der Waals surface area contributed by atoms with Crippen LogP contribution < -0.4 is 15.2 Å². The van der Waals surface area contributed by atoms with Crippen molar-refractivity contribution in [2.45, 2.75) is 19.9 Å². The SMILES string of the molecule is CCOc1ccccc1OC(=O)C(C)N. The van der Waals surface area contributed by atoms with Gasteiger partial charge in [-0.3, -0.25) is 0 Å². The molecule has 0 fully saturated rings. The van der Waals surface area contributed by atoms with E-state index in [0.29, 0.717) is 18.1 Å². The van der Waals surface area contributed by atoms with Gasteiger partial charge in [-0.25, -0.2) is 4.79 Å². The third kappa shape index (κ3) is 3.25. The number of benzene rings is 1. The van der Waals surface area contributed by atoms with Crippen molar-refractivity contribution in [3.63, 3.8) is 0 Å². The van der Waals surface area contributed by atoms with Crippen molar-refractivity contribution < 1.29 is 14.3 Å². The number of carbonyl (C=O) groups is 1. The summed E-state index contributed by atoms with van der Waals surface area (Å²) in [7, 11) is 0. The first-order chi connectivity index (χ1) is 7.15. The molecule has 82 valence electrons. The zero-order valence-corrected chi connectivity index (χ0v) is 8.90. The summed E-state index contributed by atoms with van der Waals surface area (Å²) in [6.07, 6.45) is 0. The van der Waals surface area contributed by atoms with Gasteiger partial charge in [0.2, 0.25) is 0 Å². The lowest BCUT2D eigenvalue weighted by Crippen LogP contribution is -2.30. The van der Waals surface area contributed by atoms with Crippen molar-refractivity contribution in [1.82, 2.24) is 0 Å². The van der Waals surface area contributed by atoms with Crippen molar-refractivity contribution in [3.05, 3.63) is 24.3 Å². The molecule has 0 radical (unpaired) electrons. The van der Waals surface area contributed by atoms with E-state index in [4.69, 9.17) is 15.2 Å². The molecule has 0 spiro atoms. The van der Waals surface area contributed by atoms with Crippen LogP contribution in [0.1, 0.15) is 13.8 Å². The van der Waals surface area contributed by atoms with E-state index >= 15 is 0 Å². The van der Waals surface area contributed by atoms with Crippen LogP contribution >= 0.6 is 0 Å². The molecule has 0 aliphatic heterocycles. The van der Waals surface area contributed by atoms with Gasteiger partial charge in [0.25, 0.3) is 0 Å². The van der Waals surface area contributed by atoms with Crippen LogP contribution in [0.2, 0.25) is 0 Å². The van der Waals surface area contributed by atoms with Gasteiger partial charge in [0.05, 0.1) is 6.61 Å². The summed E-state index contributed by atoms with van der Waals surface area (Å²) >= 11 is 0. The molecule has 1 atom stereocenters. The molecule has 0 heterocycles. The Morgan fingerprint density at radius 3 is 2.53 bits per heavy atom. The molecular weight excluding hydrogens is 194 g/mol. The fourth-order valence-corrected chi connectivity index (χ4v) is 1.01. The number of nitrogens with two attached hydrogens (primary N) is 1. The average molecular weight is 209 g/mol. The molecule has 1 unspecified atom stereocenters. The Kier molecular flexibility index (Phi) is 4.12. The topological polar surface area (TPSA) is 61.5 Å². The smallest absolute Gasteiger partial charge is 0.328 e. The Hall–Kier alpha value is -1.55. The van der Waals surface area contributed by atoms with Crippen LogP contribution in [-0.2, 0) is 4.79 Å². The van der Waals surface area contributed by atoms with Crippen LogP contribution in [0.3, 0.4) is 0 Å². The van der Waals surface area contributed by atoms with E-state index < -0.39 is 12.0 Å². The molecule has 0 saturated carbocycles. The standard InChI is InChI=1S/C11H15NO3/c1-3-14-9-6-4-5-7-10(9)15-11(13)8(2)12/h4-8H,3,12H2,1-2H3. The molecule has 0 amide bonds. The largest absolute Gasteiger partial charge is 0.490 e. The van der Waals surface area contributed by atoms with Gasteiger partial charge < -0.3 is 15.2 Å². The van der Waals surface area contributed by atoms with Crippen molar-refractivity contribution >= 4 is 5.97 Å². The highest BCUT2D eigenvalue weighted by Gasteiger charge is 2.12. The minimum atomic E-state index is -0.639. The molecular formula is C11H15NO3. The Morgan fingerprint density at radius 1 is 1.40 bits per heavy atom. The Labute approximate surface area is 89.0 Å². The van der Waals surface area contributed by atoms with E-state index in [2.05, 4.69) is 0 Å². The first-order valence-electron chi connectivity index (χ1n) is 4.84. The number of hydrogen-bond acceptors (Lipinski definition) is 4. The molecule has 0 bridgehead atoms. The third-order valence-corrected chi connectivity index (χ3v) is 1.73. The van der Waals surface area contributed by atoms with Gasteiger partial charge in [-0.1, -0.05) is 12.1 Å². The van der Waals surface area contributed by atoms with Crippen LogP contribution in [-0.4, -0.2) is 18.6 Å². The number of para-hydroxylation sites is 2. The van der Waals surface area contributed by atoms with Crippen molar-refractivity contribution in [1.29, 1.82) is 0 Å². The maximum Gasteiger partial charge on any atom is 0.328 e. The summed E-state index contributed by atoms with van der Waals surface area (Å²) < 4.78 is 10.4. The summed E-state index contributed by atoms with van der Waals surface area (Å²) in [5.41, 5.74) is 5.39. The lowest BCUT2D eigenvalue weighted by Gasteiger charge is -2.11. The number of carbonyl (C=O) groups excluding carboxylic acids is 1. The van der Waals surface area contributed by atoms with E-state index in [-0.39, 0.29) is 0 Å². The highest BCUT2D eigenvalue weighted by molar-refractivity contribution is 5.78. The lowest BCUT2D eigenvalue weighted by atomic mass is 10.3. The van der Waals surface area contributed by atoms with Crippen molar-refractivity contribution in [2.75, 3.05) is 6.61 Å². The van der Waals surface area contributed by atoms with Crippen LogP contribution in [0, 0.1) is 0 Å². The molecule has 15 heavy (non-hydrogen) atoms. The van der Waals surface area contributed by atoms with Crippen LogP contribution in [0.5, 0.6) is 11.5 Å². The zero-order valence-electron chi connectivity index (χ0n) is 8.90. The molecule has 4 heteroatoms. The fraction of sp³-hybridized carbons (Fsp3) is 0.364. The first-order valence-corrected chi connectivity index (χ1v) is 4.84. The Balaban J connectivity index is 2.79. The van der Waals surface area contributed by atoms with Crippen LogP contribution in [0.25, 0.3) is 0 Å². The molecule has 0 saturated heterocycles. The molecule has 1 aromatic rings. The maximum absolute atomic E-state index is 11.3. The number of ether oxygens (including phenoxy) is 2. The molecule has 0 aliphatic rings. The molecule has 0 aliphatic carbocycles. The fourth-order valence-electron chi connectivity index (χ4n) is 1.01. The van der Waals surface area contributed by atoms with Gasteiger partial charge >= 0.3 is 5.97 Å². The predicted octanol–water partition coefficient (Wildman–Crippen LogP) is 1.34. The summed E-state index contributed by atoms with van der Waals surface area (Å²) in [4.78, 5) is 11.3. The van der Waals surface area contributed by atoms with Gasteiger partial charge in [0, 0.05) is 0 Å². The van der Waals surface area contributed by atoms with E-state index in [1.165, 1.54) is 0 Å². The molecule has 1 aromatic carbocycles. The molecule has 0 aromatic heterocycles. The first kappa shape index (κ1) is 11.5. The third-order valence-electron chi connectivity index (χ3n) is 1.73. The average Bonchev–Trinajstić information content (AvgIpc) is 2.21. The molecule has 4 nitrogen and oxygen atoms in total. The molecule has 2 N–H and O–H groups in total. The van der Waals surface area contributed by atoms with E-state index in [1.54, 1.807) is 25.1 Å². The van der Waals surface area contributed by atoms with Gasteiger partial charge in [-0.15, -0.1) is 0 Å². The zero-order chi connectivity index (χ0) is 11.3. The number of rotatable bonds is 4. The normalized spacial score (nSPS) is 11.9. The Morgan fingerprint density at radius 2 is 2.00 bits per heavy atom. The van der Waals surface area contributed by atoms with E-state index in [1.807, 2.05) is 13.0 Å². The van der Waals surface area contributed by atoms with Crippen LogP contribution in [0.15, 0.2) is 24.3 Å². The summed E-state index contributed by atoms with van der Waals surface area (Å²) in [6, 6.07) is 6.36. The highest BCUT2D eigenvalue weighted by atomic mass is 16.6. The summed E-state index contributed by atoms with van der Waals surface area (Å²) in [5.74, 6) is 0.484. The minimum Gasteiger partial charge on any atom is -0.490 e.